The smallest absolute Gasteiger partial charge is 0.338 e. The van der Waals surface area contributed by atoms with Gasteiger partial charge < -0.3 is 19.1 Å². The van der Waals surface area contributed by atoms with E-state index in [1.165, 1.54) is 38.3 Å². The van der Waals surface area contributed by atoms with E-state index < -0.39 is 28.3 Å². The lowest BCUT2D eigenvalue weighted by Crippen LogP contribution is -2.40. The monoisotopic (exact) mass is 371 g/mol. The van der Waals surface area contributed by atoms with E-state index in [1.807, 2.05) is 0 Å². The predicted molar refractivity (Wildman–Crippen MR) is 89.7 cm³/mol. The minimum atomic E-state index is -3.09. The molecule has 8 nitrogen and oxygen atoms in total. The Balaban J connectivity index is 1.96. The van der Waals surface area contributed by atoms with Crippen LogP contribution in [0.4, 0.5) is 0 Å². The van der Waals surface area contributed by atoms with E-state index in [2.05, 4.69) is 0 Å². The third kappa shape index (κ3) is 4.85. The van der Waals surface area contributed by atoms with Crippen molar-refractivity contribution in [1.82, 2.24) is 4.90 Å². The Bertz CT molecular complexity index is 737. The summed E-state index contributed by atoms with van der Waals surface area (Å²) < 4.78 is 38.2. The van der Waals surface area contributed by atoms with Gasteiger partial charge in [0.15, 0.2) is 16.4 Å². The van der Waals surface area contributed by atoms with Crippen LogP contribution in [0, 0.1) is 0 Å². The average Bonchev–Trinajstić information content (AvgIpc) is 2.97. The van der Waals surface area contributed by atoms with Gasteiger partial charge in [-0.1, -0.05) is 0 Å². The van der Waals surface area contributed by atoms with Gasteiger partial charge in [-0.3, -0.25) is 4.79 Å². The molecule has 1 amide bonds. The van der Waals surface area contributed by atoms with Gasteiger partial charge in [-0.05, 0) is 18.6 Å². The molecule has 0 saturated carbocycles. The van der Waals surface area contributed by atoms with Crippen molar-refractivity contribution in [2.24, 2.45) is 0 Å². The molecule has 1 aliphatic rings. The third-order valence-corrected chi connectivity index (χ3v) is 5.81. The summed E-state index contributed by atoms with van der Waals surface area (Å²) in [4.78, 5) is 25.6. The summed E-state index contributed by atoms with van der Waals surface area (Å²) in [5.74, 6) is -0.297. The zero-order valence-corrected chi connectivity index (χ0v) is 15.2. The molecule has 1 aromatic carbocycles. The molecule has 1 heterocycles. The fourth-order valence-corrected chi connectivity index (χ4v) is 4.30. The van der Waals surface area contributed by atoms with Crippen LogP contribution in [0.1, 0.15) is 16.8 Å². The van der Waals surface area contributed by atoms with Crippen LogP contribution >= 0.6 is 0 Å². The zero-order chi connectivity index (χ0) is 18.6. The van der Waals surface area contributed by atoms with Crippen molar-refractivity contribution in [3.8, 4) is 11.5 Å². The standard InChI is InChI=1S/C16H21NO7S/c1-17(12-4-5-25(20,21)10-12)15(18)9-24-16(19)11-6-13(22-2)8-14(7-11)23-3/h6-8,12H,4-5,9-10H2,1-3H3. The Kier molecular flexibility index (Phi) is 5.89. The van der Waals surface area contributed by atoms with Crippen molar-refractivity contribution in [2.75, 3.05) is 39.4 Å². The first-order valence-corrected chi connectivity index (χ1v) is 9.44. The molecule has 1 saturated heterocycles. The summed E-state index contributed by atoms with van der Waals surface area (Å²) in [7, 11) is 1.33. The van der Waals surface area contributed by atoms with E-state index in [0.29, 0.717) is 17.9 Å². The number of carbonyl (C=O) groups excluding carboxylic acids is 2. The molecule has 1 fully saturated rings. The van der Waals surface area contributed by atoms with E-state index in [1.54, 1.807) is 6.07 Å². The highest BCUT2D eigenvalue weighted by molar-refractivity contribution is 7.91. The van der Waals surface area contributed by atoms with Crippen molar-refractivity contribution in [2.45, 2.75) is 12.5 Å². The predicted octanol–water partition coefficient (Wildman–Crippen LogP) is 0.506. The Morgan fingerprint density at radius 2 is 1.76 bits per heavy atom. The van der Waals surface area contributed by atoms with Gasteiger partial charge in [-0.25, -0.2) is 13.2 Å². The Morgan fingerprint density at radius 1 is 1.16 bits per heavy atom. The number of methoxy groups -OCH3 is 2. The van der Waals surface area contributed by atoms with Gasteiger partial charge in [-0.2, -0.15) is 0 Å². The highest BCUT2D eigenvalue weighted by Crippen LogP contribution is 2.23. The van der Waals surface area contributed by atoms with Crippen LogP contribution in [-0.2, 0) is 19.4 Å². The van der Waals surface area contributed by atoms with E-state index in [9.17, 15) is 18.0 Å². The molecule has 138 valence electrons. The van der Waals surface area contributed by atoms with Crippen LogP contribution in [0.2, 0.25) is 0 Å². The lowest BCUT2D eigenvalue weighted by Gasteiger charge is -2.23. The van der Waals surface area contributed by atoms with Gasteiger partial charge >= 0.3 is 5.97 Å². The highest BCUT2D eigenvalue weighted by atomic mass is 32.2. The summed E-state index contributed by atoms with van der Waals surface area (Å²) in [6.45, 7) is -0.467. The Labute approximate surface area is 146 Å². The molecule has 1 aliphatic heterocycles. The van der Waals surface area contributed by atoms with Crippen molar-refractivity contribution in [1.29, 1.82) is 0 Å². The fourth-order valence-electron chi connectivity index (χ4n) is 2.52. The van der Waals surface area contributed by atoms with Gasteiger partial charge in [0.2, 0.25) is 0 Å². The summed E-state index contributed by atoms with van der Waals surface area (Å²) in [6.07, 6.45) is 0.394. The van der Waals surface area contributed by atoms with Crippen LogP contribution in [0.3, 0.4) is 0 Å². The molecule has 1 atom stereocenters. The number of nitrogens with zero attached hydrogens (tertiary/aromatic N) is 1. The van der Waals surface area contributed by atoms with Crippen LogP contribution in [0.15, 0.2) is 18.2 Å². The van der Waals surface area contributed by atoms with E-state index in [-0.39, 0.29) is 23.1 Å². The topological polar surface area (TPSA) is 99.2 Å². The molecule has 1 aromatic rings. The number of carbonyl (C=O) groups is 2. The van der Waals surface area contributed by atoms with Gasteiger partial charge in [0.1, 0.15) is 11.5 Å². The van der Waals surface area contributed by atoms with E-state index in [0.717, 1.165) is 0 Å². The van der Waals surface area contributed by atoms with Crippen molar-refractivity contribution >= 4 is 21.7 Å². The van der Waals surface area contributed by atoms with Gasteiger partial charge in [0.05, 0.1) is 31.3 Å². The molecular weight excluding hydrogens is 350 g/mol. The molecule has 0 bridgehead atoms. The number of esters is 1. The summed E-state index contributed by atoms with van der Waals surface area (Å²) in [5.41, 5.74) is 0.190. The second-order valence-corrected chi connectivity index (χ2v) is 7.97. The Morgan fingerprint density at radius 3 is 2.24 bits per heavy atom. The van der Waals surface area contributed by atoms with E-state index in [4.69, 9.17) is 14.2 Å². The van der Waals surface area contributed by atoms with Crippen LogP contribution < -0.4 is 9.47 Å². The first-order valence-electron chi connectivity index (χ1n) is 7.62. The second-order valence-electron chi connectivity index (χ2n) is 5.74. The number of hydrogen-bond acceptors (Lipinski definition) is 7. The maximum absolute atomic E-state index is 12.1. The van der Waals surface area contributed by atoms with Crippen LogP contribution in [0.25, 0.3) is 0 Å². The highest BCUT2D eigenvalue weighted by Gasteiger charge is 2.33. The van der Waals surface area contributed by atoms with Gasteiger partial charge in [0.25, 0.3) is 5.91 Å². The molecule has 25 heavy (non-hydrogen) atoms. The summed E-state index contributed by atoms with van der Waals surface area (Å²) >= 11 is 0. The van der Waals surface area contributed by atoms with Crippen LogP contribution in [-0.4, -0.2) is 70.6 Å². The number of ether oxygens (including phenoxy) is 3. The summed E-state index contributed by atoms with van der Waals surface area (Å²) in [5, 5.41) is 0. The lowest BCUT2D eigenvalue weighted by molar-refractivity contribution is -0.134. The number of rotatable bonds is 6. The summed E-state index contributed by atoms with van der Waals surface area (Å²) in [6, 6.07) is 4.18. The zero-order valence-electron chi connectivity index (χ0n) is 14.4. The molecule has 0 N–H and O–H groups in total. The minimum Gasteiger partial charge on any atom is -0.497 e. The quantitative estimate of drug-likeness (QED) is 0.672. The molecule has 2 rings (SSSR count). The number of sulfone groups is 1. The number of amides is 1. The number of hydrogen-bond donors (Lipinski definition) is 0. The largest absolute Gasteiger partial charge is 0.497 e. The van der Waals surface area contributed by atoms with Crippen molar-refractivity contribution < 1.29 is 32.2 Å². The third-order valence-electron chi connectivity index (χ3n) is 4.06. The SMILES string of the molecule is COc1cc(OC)cc(C(=O)OCC(=O)N(C)C2CCS(=O)(=O)C2)c1. The van der Waals surface area contributed by atoms with Crippen LogP contribution in [0.5, 0.6) is 11.5 Å². The molecule has 0 radical (unpaired) electrons. The maximum atomic E-state index is 12.1. The molecular formula is C16H21NO7S. The first-order chi connectivity index (χ1) is 11.8. The Hall–Kier alpha value is -2.29. The van der Waals surface area contributed by atoms with Crippen molar-refractivity contribution in [3.63, 3.8) is 0 Å². The number of benzene rings is 1. The first kappa shape index (κ1) is 19.0. The molecule has 0 spiro atoms. The maximum Gasteiger partial charge on any atom is 0.338 e. The average molecular weight is 371 g/mol. The molecule has 9 heteroatoms. The van der Waals surface area contributed by atoms with Gasteiger partial charge in [0, 0.05) is 19.2 Å². The van der Waals surface area contributed by atoms with Crippen molar-refractivity contribution in [3.05, 3.63) is 23.8 Å². The van der Waals surface area contributed by atoms with E-state index >= 15 is 0 Å². The van der Waals surface area contributed by atoms with Gasteiger partial charge in [-0.15, -0.1) is 0 Å². The molecule has 0 aromatic heterocycles. The number of likely N-dealkylation sites (N-methyl/N-ethyl adjacent to an activating group) is 1. The second kappa shape index (κ2) is 7.73. The minimum absolute atomic E-state index is 0.0593. The normalized spacial score (nSPS) is 18.4. The molecule has 1 unspecified atom stereocenters. The lowest BCUT2D eigenvalue weighted by atomic mass is 10.2. The molecule has 0 aliphatic carbocycles. The fraction of sp³-hybridized carbons (Fsp3) is 0.500.